The van der Waals surface area contributed by atoms with Crippen LogP contribution in [0.3, 0.4) is 0 Å². The highest BCUT2D eigenvalue weighted by Gasteiger charge is 2.32. The van der Waals surface area contributed by atoms with Gasteiger partial charge in [0.1, 0.15) is 11.2 Å². The lowest BCUT2D eigenvalue weighted by atomic mass is 9.83. The van der Waals surface area contributed by atoms with Crippen LogP contribution in [0.15, 0.2) is 66.7 Å². The first-order chi connectivity index (χ1) is 13.2. The third-order valence-corrected chi connectivity index (χ3v) is 4.88. The van der Waals surface area contributed by atoms with Crippen LogP contribution in [-0.2, 0) is 0 Å². The Morgan fingerprint density at radius 1 is 0.741 bits per heavy atom. The fraction of sp³-hybridized carbons (Fsp3) is 0. The highest BCUT2D eigenvalue weighted by atomic mass is 16.1. The van der Waals surface area contributed by atoms with Crippen molar-refractivity contribution in [2.75, 3.05) is 0 Å². The molecule has 1 aromatic heterocycles. The second-order valence-electron chi connectivity index (χ2n) is 6.38. The maximum absolute atomic E-state index is 13.0. The smallest absolute Gasteiger partial charge is 0.211 e. The molecule has 0 saturated carbocycles. The number of hydrogen-bond donors (Lipinski definition) is 1. The van der Waals surface area contributed by atoms with Gasteiger partial charge in [0, 0.05) is 27.6 Å². The van der Waals surface area contributed by atoms with Gasteiger partial charge in [0.25, 0.3) is 0 Å². The van der Waals surface area contributed by atoms with E-state index in [0.29, 0.717) is 38.9 Å². The second kappa shape index (κ2) is 5.57. The van der Waals surface area contributed by atoms with Crippen LogP contribution in [0, 0.1) is 0 Å². The van der Waals surface area contributed by atoms with E-state index in [1.54, 1.807) is 60.7 Å². The maximum Gasteiger partial charge on any atom is 0.211 e. The average molecular weight is 352 g/mol. The van der Waals surface area contributed by atoms with Crippen molar-refractivity contribution in [1.29, 1.82) is 0 Å². The minimum atomic E-state index is -0.254. The topological polar surface area (TPSA) is 79.9 Å². The Labute approximate surface area is 153 Å². The van der Waals surface area contributed by atoms with Crippen LogP contribution in [0.4, 0.5) is 0 Å². The third kappa shape index (κ3) is 2.12. The normalized spacial score (nSPS) is 12.7. The second-order valence-corrected chi connectivity index (χ2v) is 6.38. The van der Waals surface area contributed by atoms with E-state index in [4.69, 9.17) is 0 Å². The maximum atomic E-state index is 13.0. The summed E-state index contributed by atoms with van der Waals surface area (Å²) in [5.74, 6) is -0.676. The predicted octanol–water partition coefficient (Wildman–Crippen LogP) is 3.57. The Morgan fingerprint density at radius 2 is 1.41 bits per heavy atom. The van der Waals surface area contributed by atoms with Crippen molar-refractivity contribution in [3.8, 4) is 0 Å². The van der Waals surface area contributed by atoms with Crippen molar-refractivity contribution in [3.63, 3.8) is 0 Å². The first-order valence-corrected chi connectivity index (χ1v) is 8.46. The van der Waals surface area contributed by atoms with E-state index in [-0.39, 0.29) is 22.9 Å². The van der Waals surface area contributed by atoms with Gasteiger partial charge in [0.05, 0.1) is 5.56 Å². The Kier molecular flexibility index (Phi) is 3.18. The van der Waals surface area contributed by atoms with E-state index in [0.717, 1.165) is 0 Å². The molecule has 0 aliphatic heterocycles. The van der Waals surface area contributed by atoms with Gasteiger partial charge in [0.2, 0.25) is 5.78 Å². The fourth-order valence-corrected chi connectivity index (χ4v) is 3.57. The molecule has 5 heteroatoms. The van der Waals surface area contributed by atoms with Crippen molar-refractivity contribution in [2.45, 2.75) is 0 Å². The molecule has 0 radical (unpaired) electrons. The first kappa shape index (κ1) is 15.4. The Balaban J connectivity index is 1.73. The summed E-state index contributed by atoms with van der Waals surface area (Å²) >= 11 is 0. The first-order valence-electron chi connectivity index (χ1n) is 8.46. The number of carbonyl (C=O) groups is 3. The lowest BCUT2D eigenvalue weighted by Crippen LogP contribution is -2.21. The summed E-state index contributed by atoms with van der Waals surface area (Å²) in [6.07, 6.45) is 0. The molecule has 0 fully saturated rings. The molecule has 5 nitrogen and oxygen atoms in total. The highest BCUT2D eigenvalue weighted by molar-refractivity contribution is 6.32. The van der Waals surface area contributed by atoms with E-state index < -0.39 is 0 Å². The van der Waals surface area contributed by atoms with Crippen molar-refractivity contribution in [2.24, 2.45) is 0 Å². The number of benzene rings is 3. The van der Waals surface area contributed by atoms with Crippen LogP contribution in [-0.4, -0.2) is 27.5 Å². The molecular formula is C22H12N2O3. The van der Waals surface area contributed by atoms with Crippen LogP contribution in [0.25, 0.3) is 10.9 Å². The zero-order chi connectivity index (χ0) is 18.5. The number of aromatic nitrogens is 2. The van der Waals surface area contributed by atoms with Gasteiger partial charge >= 0.3 is 0 Å². The molecule has 27 heavy (non-hydrogen) atoms. The summed E-state index contributed by atoms with van der Waals surface area (Å²) in [6, 6.07) is 18.9. The SMILES string of the molecule is O=C1c2ccccc2C(=O)c2c1ccc1c(C(=O)c3ccccc3)[nH]nc21. The standard InChI is InChI=1S/C22H12N2O3/c25-20(12-6-2-1-3-7-12)19-16-11-10-15-17(18(16)23-24-19)22(27)14-9-5-4-8-13(14)21(15)26/h1-11H,(H,23,24). The summed E-state index contributed by atoms with van der Waals surface area (Å²) in [6.45, 7) is 0. The van der Waals surface area contributed by atoms with Gasteiger partial charge in [-0.3, -0.25) is 19.5 Å². The van der Waals surface area contributed by atoms with Crippen molar-refractivity contribution in [1.82, 2.24) is 10.2 Å². The molecule has 1 aliphatic rings. The van der Waals surface area contributed by atoms with Gasteiger partial charge in [-0.25, -0.2) is 0 Å². The minimum absolute atomic E-state index is 0.207. The van der Waals surface area contributed by atoms with E-state index in [1.807, 2.05) is 6.07 Å². The molecule has 3 aromatic carbocycles. The van der Waals surface area contributed by atoms with Crippen LogP contribution in [0.2, 0.25) is 0 Å². The number of aromatic amines is 1. The Hall–Kier alpha value is -3.86. The molecule has 0 unspecified atom stereocenters. The zero-order valence-electron chi connectivity index (χ0n) is 14.0. The number of H-pyrrole nitrogens is 1. The average Bonchev–Trinajstić information content (AvgIpc) is 3.16. The van der Waals surface area contributed by atoms with E-state index in [1.165, 1.54) is 0 Å². The lowest BCUT2D eigenvalue weighted by molar-refractivity contribution is 0.0980. The van der Waals surface area contributed by atoms with Gasteiger partial charge in [0.15, 0.2) is 11.6 Å². The fourth-order valence-electron chi connectivity index (χ4n) is 3.57. The largest absolute Gasteiger partial charge is 0.289 e. The van der Waals surface area contributed by atoms with Crippen molar-refractivity contribution in [3.05, 3.63) is 100 Å². The summed E-state index contributed by atoms with van der Waals surface area (Å²) in [5, 5.41) is 7.51. The van der Waals surface area contributed by atoms with Crippen LogP contribution >= 0.6 is 0 Å². The summed E-state index contributed by atoms with van der Waals surface area (Å²) in [7, 11) is 0. The predicted molar refractivity (Wildman–Crippen MR) is 99.3 cm³/mol. The highest BCUT2D eigenvalue weighted by Crippen LogP contribution is 2.33. The number of nitrogens with one attached hydrogen (secondary N) is 1. The number of fused-ring (bicyclic) bond motifs is 4. The van der Waals surface area contributed by atoms with Crippen molar-refractivity contribution >= 4 is 28.3 Å². The Bertz CT molecular complexity index is 1270. The molecule has 1 N–H and O–H groups in total. The minimum Gasteiger partial charge on any atom is -0.289 e. The number of carbonyl (C=O) groups excluding carboxylic acids is 3. The quantitative estimate of drug-likeness (QED) is 0.493. The van der Waals surface area contributed by atoms with Gasteiger partial charge < -0.3 is 0 Å². The molecule has 0 spiro atoms. The monoisotopic (exact) mass is 352 g/mol. The van der Waals surface area contributed by atoms with Crippen LogP contribution < -0.4 is 0 Å². The summed E-state index contributed by atoms with van der Waals surface area (Å²) < 4.78 is 0. The number of nitrogens with zero attached hydrogens (tertiary/aromatic N) is 1. The van der Waals surface area contributed by atoms with Gasteiger partial charge in [-0.05, 0) is 12.1 Å². The van der Waals surface area contributed by atoms with Gasteiger partial charge in [-0.2, -0.15) is 5.10 Å². The number of hydrogen-bond acceptors (Lipinski definition) is 4. The molecule has 5 rings (SSSR count). The number of rotatable bonds is 2. The molecular weight excluding hydrogens is 340 g/mol. The van der Waals surface area contributed by atoms with Gasteiger partial charge in [-0.1, -0.05) is 54.6 Å². The van der Waals surface area contributed by atoms with E-state index in [2.05, 4.69) is 10.2 Å². The summed E-state index contributed by atoms with van der Waals surface area (Å²) in [4.78, 5) is 38.6. The Morgan fingerprint density at radius 3 is 2.15 bits per heavy atom. The van der Waals surface area contributed by atoms with E-state index in [9.17, 15) is 14.4 Å². The summed E-state index contributed by atoms with van der Waals surface area (Å²) in [5.41, 5.74) is 2.49. The number of ketones is 3. The third-order valence-electron chi connectivity index (χ3n) is 4.88. The molecule has 4 aromatic rings. The zero-order valence-corrected chi connectivity index (χ0v) is 14.0. The molecule has 0 atom stereocenters. The van der Waals surface area contributed by atoms with Crippen LogP contribution in [0.5, 0.6) is 0 Å². The molecule has 1 heterocycles. The molecule has 0 bridgehead atoms. The molecule has 1 aliphatic carbocycles. The molecule has 128 valence electrons. The van der Waals surface area contributed by atoms with Gasteiger partial charge in [-0.15, -0.1) is 0 Å². The van der Waals surface area contributed by atoms with E-state index >= 15 is 0 Å². The lowest BCUT2D eigenvalue weighted by Gasteiger charge is -2.17. The molecule has 0 saturated heterocycles. The van der Waals surface area contributed by atoms with Crippen LogP contribution in [0.1, 0.15) is 47.9 Å². The molecule has 0 amide bonds. The van der Waals surface area contributed by atoms with Crippen molar-refractivity contribution < 1.29 is 14.4 Å².